The molecule has 0 saturated carbocycles. The third kappa shape index (κ3) is 9.81. The number of H-pyrrole nitrogens is 1. The molecule has 3 saturated heterocycles. The van der Waals surface area contributed by atoms with Crippen molar-refractivity contribution >= 4 is 48.3 Å². The van der Waals surface area contributed by atoms with Crippen LogP contribution in [0.5, 0.6) is 0 Å². The first-order valence-electron chi connectivity index (χ1n) is 11.9. The molecule has 0 spiro atoms. The SMILES string of the molecule is CC1C(Br)C(=O)NC(=O)N1C1CC(F)C(CO)O1.CCO.O=c1ccn(C2CC(F)C(CO)O2)c(=O)[nH]1.[B]=NS. The molecule has 3 amide bonds. The summed E-state index contributed by atoms with van der Waals surface area (Å²) < 4.78 is 41.0. The Labute approximate surface area is 242 Å². The van der Waals surface area contributed by atoms with Gasteiger partial charge in [-0.1, -0.05) is 15.9 Å². The van der Waals surface area contributed by atoms with Gasteiger partial charge in [-0.2, -0.15) is 0 Å². The Morgan fingerprint density at radius 3 is 2.02 bits per heavy atom. The zero-order valence-electron chi connectivity index (χ0n) is 21.6. The quantitative estimate of drug-likeness (QED) is 0.140. The van der Waals surface area contributed by atoms with Crippen LogP contribution in [0.1, 0.15) is 32.9 Å². The number of halogens is 3. The van der Waals surface area contributed by atoms with Crippen LogP contribution in [-0.2, 0) is 14.3 Å². The summed E-state index contributed by atoms with van der Waals surface area (Å²) in [7, 11) is 4.34. The number of alkyl halides is 3. The van der Waals surface area contributed by atoms with Crippen molar-refractivity contribution in [3.8, 4) is 0 Å². The van der Waals surface area contributed by atoms with Gasteiger partial charge in [-0.05, 0) is 13.8 Å². The first kappa shape index (κ1) is 36.0. The van der Waals surface area contributed by atoms with Crippen LogP contribution in [0.25, 0.3) is 0 Å². The number of imide groups is 1. The zero-order chi connectivity index (χ0) is 30.6. The summed E-state index contributed by atoms with van der Waals surface area (Å²) in [6.45, 7) is 2.74. The van der Waals surface area contributed by atoms with Gasteiger partial charge in [-0.25, -0.2) is 18.4 Å². The molecule has 0 bridgehead atoms. The zero-order valence-corrected chi connectivity index (χ0v) is 24.1. The van der Waals surface area contributed by atoms with Gasteiger partial charge in [-0.15, -0.1) is 0 Å². The van der Waals surface area contributed by atoms with Gasteiger partial charge < -0.3 is 24.8 Å². The van der Waals surface area contributed by atoms with Crippen LogP contribution in [0.3, 0.4) is 0 Å². The van der Waals surface area contributed by atoms with Gasteiger partial charge in [0.1, 0.15) is 41.8 Å². The molecule has 3 fully saturated rings. The van der Waals surface area contributed by atoms with Crippen LogP contribution in [0.2, 0.25) is 0 Å². The number of carbonyl (C=O) groups excluding carboxylic acids is 2. The Balaban J connectivity index is 0.000000336. The van der Waals surface area contributed by atoms with E-state index in [1.165, 1.54) is 11.1 Å². The van der Waals surface area contributed by atoms with Crippen molar-refractivity contribution in [3.05, 3.63) is 33.1 Å². The molecule has 3 aliphatic heterocycles. The van der Waals surface area contributed by atoms with Crippen LogP contribution in [0, 0.1) is 0 Å². The van der Waals surface area contributed by atoms with E-state index >= 15 is 0 Å². The molecular formula is C21H32BBrF2N5O9S. The molecule has 1 radical (unpaired) electrons. The van der Waals surface area contributed by atoms with Gasteiger partial charge >= 0.3 is 36.5 Å². The van der Waals surface area contributed by atoms with Gasteiger partial charge in [0.2, 0.25) is 5.91 Å². The Kier molecular flexibility index (Phi) is 15.9. The number of hydrogen-bond acceptors (Lipinski definition) is 11. The maximum atomic E-state index is 13.5. The fourth-order valence-electron chi connectivity index (χ4n) is 3.88. The average Bonchev–Trinajstić information content (AvgIpc) is 3.45. The fourth-order valence-corrected chi connectivity index (χ4v) is 4.25. The van der Waals surface area contributed by atoms with Crippen molar-refractivity contribution in [2.75, 3.05) is 19.8 Å². The van der Waals surface area contributed by atoms with E-state index in [1.54, 1.807) is 13.8 Å². The van der Waals surface area contributed by atoms with E-state index in [1.807, 2.05) is 0 Å². The number of aliphatic hydroxyl groups excluding tert-OH is 3. The van der Waals surface area contributed by atoms with Gasteiger partial charge in [0.15, 0.2) is 0 Å². The molecule has 3 aliphatic rings. The van der Waals surface area contributed by atoms with E-state index in [-0.39, 0.29) is 19.4 Å². The van der Waals surface area contributed by atoms with Gasteiger partial charge in [0.25, 0.3) is 5.56 Å². The molecule has 19 heteroatoms. The minimum absolute atomic E-state index is 0.00308. The number of urea groups is 1. The number of nitrogens with zero attached hydrogens (tertiary/aromatic N) is 3. The van der Waals surface area contributed by atoms with E-state index in [9.17, 15) is 28.0 Å². The summed E-state index contributed by atoms with van der Waals surface area (Å²) in [5, 5.41) is 27.5. The topological polar surface area (TPSA) is 196 Å². The van der Waals surface area contributed by atoms with Crippen molar-refractivity contribution in [2.24, 2.45) is 4.30 Å². The van der Waals surface area contributed by atoms with Crippen LogP contribution < -0.4 is 16.6 Å². The van der Waals surface area contributed by atoms with Crippen molar-refractivity contribution in [2.45, 2.75) is 74.6 Å². The maximum absolute atomic E-state index is 13.5. The van der Waals surface area contributed by atoms with E-state index in [2.05, 4.69) is 51.0 Å². The van der Waals surface area contributed by atoms with E-state index in [0.717, 1.165) is 10.6 Å². The second-order valence-corrected chi connectivity index (χ2v) is 9.64. The van der Waals surface area contributed by atoms with Crippen molar-refractivity contribution in [3.63, 3.8) is 0 Å². The first-order valence-corrected chi connectivity index (χ1v) is 13.3. The summed E-state index contributed by atoms with van der Waals surface area (Å²) in [6.07, 6.45) is -4.77. The minimum atomic E-state index is -1.31. The molecule has 14 nitrogen and oxygen atoms in total. The van der Waals surface area contributed by atoms with Crippen LogP contribution in [0.4, 0.5) is 13.6 Å². The third-order valence-corrected chi connectivity index (χ3v) is 6.91. The standard InChI is InChI=1S/C10H14BrFN2O4.C9H11FN2O4.C2H6O.BHNS/c1-4-8(11)9(16)13-10(17)14(4)7-2-5(12)6(3-15)18-7;10-5-3-8(16-6(5)4-13)12-2-1-7(14)11-9(12)15;2*1-2-3/h4-8,15H,2-3H2,1H3,(H,13,16,17);1-2,5-6,8,13H,3-4H2,(H,11,14,15);3H,2H2,1H3;3H. The molecule has 0 aromatic carbocycles. The second kappa shape index (κ2) is 17.7. The van der Waals surface area contributed by atoms with Crippen molar-refractivity contribution in [1.29, 1.82) is 0 Å². The number of aromatic nitrogens is 2. The molecule has 8 atom stereocenters. The summed E-state index contributed by atoms with van der Waals surface area (Å²) in [4.78, 5) is 48.1. The molecule has 4 heterocycles. The van der Waals surface area contributed by atoms with Gasteiger partial charge in [-0.3, -0.25) is 29.4 Å². The number of carbonyl (C=O) groups is 2. The Morgan fingerprint density at radius 1 is 1.10 bits per heavy atom. The van der Waals surface area contributed by atoms with Gasteiger partial charge in [0, 0.05) is 31.7 Å². The van der Waals surface area contributed by atoms with Crippen LogP contribution in [-0.4, -0.2) is 111 Å². The molecule has 4 rings (SSSR count). The van der Waals surface area contributed by atoms with Crippen molar-refractivity contribution < 1.29 is 43.2 Å². The van der Waals surface area contributed by atoms with Crippen LogP contribution in [0.15, 0.2) is 26.2 Å². The number of thiol groups is 1. The Morgan fingerprint density at radius 2 is 1.57 bits per heavy atom. The summed E-state index contributed by atoms with van der Waals surface area (Å²) in [5.41, 5.74) is -1.17. The molecule has 1 aromatic heterocycles. The van der Waals surface area contributed by atoms with Gasteiger partial charge in [0.05, 0.1) is 19.3 Å². The molecule has 0 aliphatic carbocycles. The number of hydrogen-bond donors (Lipinski definition) is 6. The molecule has 8 unspecified atom stereocenters. The molecule has 1 aromatic rings. The first-order chi connectivity index (χ1) is 18.9. The van der Waals surface area contributed by atoms with Crippen LogP contribution >= 0.6 is 28.7 Å². The predicted molar refractivity (Wildman–Crippen MR) is 145 cm³/mol. The van der Waals surface area contributed by atoms with E-state index in [4.69, 9.17) is 24.8 Å². The second-order valence-electron chi connectivity index (χ2n) is 8.42. The van der Waals surface area contributed by atoms with E-state index in [0.29, 0.717) is 0 Å². The Bertz CT molecular complexity index is 1090. The number of amides is 3. The summed E-state index contributed by atoms with van der Waals surface area (Å²) in [5.74, 6) is -0.419. The third-order valence-electron chi connectivity index (χ3n) is 5.73. The molecular weight excluding hydrogens is 627 g/mol. The average molecular weight is 659 g/mol. The van der Waals surface area contributed by atoms with Crippen molar-refractivity contribution in [1.82, 2.24) is 19.8 Å². The summed E-state index contributed by atoms with van der Waals surface area (Å²) >= 11 is 6.37. The number of nitrogens with one attached hydrogen (secondary N) is 2. The number of aliphatic hydroxyl groups is 3. The molecule has 5 N–H and O–H groups in total. The predicted octanol–water partition coefficient (Wildman–Crippen LogP) is -0.528. The summed E-state index contributed by atoms with van der Waals surface area (Å²) in [6, 6.07) is 0.115. The number of rotatable bonds is 4. The Hall–Kier alpha value is -2.03. The fraction of sp³-hybridized carbons (Fsp3) is 0.714. The normalized spacial score (nSPS) is 31.1. The van der Waals surface area contributed by atoms with E-state index < -0.39 is 84.3 Å². The monoisotopic (exact) mass is 658 g/mol. The molecule has 225 valence electrons. The molecule has 40 heavy (non-hydrogen) atoms. The number of ether oxygens (including phenoxy) is 2. The number of aromatic amines is 1.